The molecule has 2 N–H and O–H groups in total. The first-order valence-corrected chi connectivity index (χ1v) is 11.8. The average molecular weight is 475 g/mol. The number of anilines is 2. The van der Waals surface area contributed by atoms with Gasteiger partial charge in [0.1, 0.15) is 17.4 Å². The average Bonchev–Trinajstić information content (AvgIpc) is 3.18. The molecule has 1 aliphatic carbocycles. The third-order valence-electron chi connectivity index (χ3n) is 6.70. The number of carbonyl (C=O) groups excluding carboxylic acids is 2. The Bertz CT molecular complexity index is 1350. The van der Waals surface area contributed by atoms with Crippen molar-refractivity contribution >= 4 is 34.8 Å². The normalized spacial score (nSPS) is 18.7. The van der Waals surface area contributed by atoms with Crippen molar-refractivity contribution in [2.24, 2.45) is 5.41 Å². The van der Waals surface area contributed by atoms with Crippen molar-refractivity contribution in [3.63, 3.8) is 0 Å². The van der Waals surface area contributed by atoms with Gasteiger partial charge < -0.3 is 10.6 Å². The fourth-order valence-electron chi connectivity index (χ4n) is 4.85. The number of hydrogen-bond donors (Lipinski definition) is 2. The van der Waals surface area contributed by atoms with Gasteiger partial charge in [-0.2, -0.15) is 5.10 Å². The molecule has 174 valence electrons. The van der Waals surface area contributed by atoms with E-state index in [1.165, 1.54) is 0 Å². The number of ketones is 1. The first kappa shape index (κ1) is 22.4. The van der Waals surface area contributed by atoms with Crippen LogP contribution in [-0.2, 0) is 4.79 Å². The standard InChI is InChI=1S/C27H27ClN4O2/c1-15-5-10-19(11-16(15)2)30-26(34)20-14-29-32-24(17-6-8-18(28)9-7-17)23-21(31-25(20)32)12-27(3,4)13-22(23)33/h5-11,14,24,31H,12-13H2,1-4H3,(H,30,34)/t24-/m0/s1. The molecule has 0 saturated heterocycles. The Kier molecular flexibility index (Phi) is 5.36. The molecule has 2 aromatic carbocycles. The summed E-state index contributed by atoms with van der Waals surface area (Å²) in [6.45, 7) is 8.23. The molecule has 6 nitrogen and oxygen atoms in total. The van der Waals surface area contributed by atoms with Gasteiger partial charge in [0.2, 0.25) is 0 Å². The van der Waals surface area contributed by atoms with E-state index in [4.69, 9.17) is 11.6 Å². The first-order chi connectivity index (χ1) is 16.1. The van der Waals surface area contributed by atoms with Gasteiger partial charge in [-0.15, -0.1) is 0 Å². The molecule has 0 unspecified atom stereocenters. The van der Waals surface area contributed by atoms with Gasteiger partial charge >= 0.3 is 0 Å². The number of rotatable bonds is 3. The molecule has 1 amide bonds. The first-order valence-electron chi connectivity index (χ1n) is 11.4. The van der Waals surface area contributed by atoms with Crippen molar-refractivity contribution in [1.82, 2.24) is 9.78 Å². The highest BCUT2D eigenvalue weighted by molar-refractivity contribution is 6.30. The second kappa shape index (κ2) is 8.13. The Balaban J connectivity index is 1.58. The van der Waals surface area contributed by atoms with Gasteiger partial charge in [-0.3, -0.25) is 9.59 Å². The van der Waals surface area contributed by atoms with Gasteiger partial charge in [0.25, 0.3) is 5.91 Å². The summed E-state index contributed by atoms with van der Waals surface area (Å²) < 4.78 is 1.74. The number of nitrogens with zero attached hydrogens (tertiary/aromatic N) is 2. The zero-order chi connectivity index (χ0) is 24.2. The minimum Gasteiger partial charge on any atom is -0.343 e. The predicted octanol–water partition coefficient (Wildman–Crippen LogP) is 6.06. The van der Waals surface area contributed by atoms with Crippen LogP contribution in [-0.4, -0.2) is 21.5 Å². The molecular weight excluding hydrogens is 448 g/mol. The van der Waals surface area contributed by atoms with Gasteiger partial charge in [0.05, 0.1) is 6.20 Å². The maximum absolute atomic E-state index is 13.3. The smallest absolute Gasteiger partial charge is 0.261 e. The Morgan fingerprint density at radius 1 is 1.12 bits per heavy atom. The van der Waals surface area contributed by atoms with E-state index in [1.54, 1.807) is 10.9 Å². The van der Waals surface area contributed by atoms with Gasteiger partial charge in [0.15, 0.2) is 5.78 Å². The van der Waals surface area contributed by atoms with Crippen LogP contribution >= 0.6 is 11.6 Å². The number of aryl methyl sites for hydroxylation is 2. The van der Waals surface area contributed by atoms with E-state index in [9.17, 15) is 9.59 Å². The molecule has 0 bridgehead atoms. The number of allylic oxidation sites excluding steroid dienone is 2. The van der Waals surface area contributed by atoms with Crippen LogP contribution in [0, 0.1) is 19.3 Å². The molecule has 7 heteroatoms. The molecule has 1 aromatic heterocycles. The minimum atomic E-state index is -0.421. The molecule has 2 heterocycles. The number of Topliss-reactive ketones (excluding diaryl/α,β-unsaturated/α-hetero) is 1. The molecule has 0 spiro atoms. The van der Waals surface area contributed by atoms with E-state index < -0.39 is 6.04 Å². The SMILES string of the molecule is Cc1ccc(NC(=O)c2cnn3c2NC2=C(C(=O)CC(C)(C)C2)[C@@H]3c2ccc(Cl)cc2)cc1C. The third kappa shape index (κ3) is 3.92. The Morgan fingerprint density at radius 2 is 1.85 bits per heavy atom. The number of aromatic nitrogens is 2. The van der Waals surface area contributed by atoms with Gasteiger partial charge in [-0.1, -0.05) is 43.6 Å². The van der Waals surface area contributed by atoms with Gasteiger partial charge in [-0.05, 0) is 66.6 Å². The molecular formula is C27H27ClN4O2. The van der Waals surface area contributed by atoms with E-state index in [0.29, 0.717) is 34.8 Å². The number of fused-ring (bicyclic) bond motifs is 1. The fourth-order valence-corrected chi connectivity index (χ4v) is 4.97. The van der Waals surface area contributed by atoms with Crippen LogP contribution < -0.4 is 10.6 Å². The molecule has 3 aromatic rings. The largest absolute Gasteiger partial charge is 0.343 e. The number of nitrogens with one attached hydrogen (secondary N) is 2. The molecule has 0 fully saturated rings. The number of carbonyl (C=O) groups is 2. The monoisotopic (exact) mass is 474 g/mol. The Labute approximate surface area is 204 Å². The summed E-state index contributed by atoms with van der Waals surface area (Å²) in [5.74, 6) is 0.434. The van der Waals surface area contributed by atoms with E-state index in [1.807, 2.05) is 56.3 Å². The van der Waals surface area contributed by atoms with E-state index >= 15 is 0 Å². The van der Waals surface area contributed by atoms with Crippen LogP contribution in [0.4, 0.5) is 11.5 Å². The van der Waals surface area contributed by atoms with Gasteiger partial charge in [-0.25, -0.2) is 4.68 Å². The second-order valence-corrected chi connectivity index (χ2v) is 10.5. The fraction of sp³-hybridized carbons (Fsp3) is 0.296. The molecule has 2 aliphatic rings. The van der Waals surface area contributed by atoms with Crippen molar-refractivity contribution in [1.29, 1.82) is 0 Å². The topological polar surface area (TPSA) is 76.0 Å². The zero-order valence-corrected chi connectivity index (χ0v) is 20.5. The number of benzene rings is 2. The van der Waals surface area contributed by atoms with Crippen molar-refractivity contribution in [3.05, 3.63) is 87.2 Å². The van der Waals surface area contributed by atoms with E-state index in [2.05, 4.69) is 29.6 Å². The lowest BCUT2D eigenvalue weighted by Gasteiger charge is -2.39. The number of hydrogen-bond acceptors (Lipinski definition) is 4. The summed E-state index contributed by atoms with van der Waals surface area (Å²) in [6.07, 6.45) is 2.74. The van der Waals surface area contributed by atoms with Crippen LogP contribution in [0.15, 0.2) is 59.9 Å². The highest BCUT2D eigenvalue weighted by Gasteiger charge is 2.42. The summed E-state index contributed by atoms with van der Waals surface area (Å²) >= 11 is 6.13. The molecule has 0 radical (unpaired) electrons. The van der Waals surface area contributed by atoms with Crippen LogP contribution in [0.1, 0.15) is 59.8 Å². The lowest BCUT2D eigenvalue weighted by atomic mass is 9.73. The van der Waals surface area contributed by atoms with Gasteiger partial charge in [0, 0.05) is 28.4 Å². The molecule has 5 rings (SSSR count). The predicted molar refractivity (Wildman–Crippen MR) is 134 cm³/mol. The summed E-state index contributed by atoms with van der Waals surface area (Å²) in [5.41, 5.74) is 5.72. The summed E-state index contributed by atoms with van der Waals surface area (Å²) in [4.78, 5) is 26.6. The van der Waals surface area contributed by atoms with E-state index in [0.717, 1.165) is 28.1 Å². The van der Waals surface area contributed by atoms with Crippen LogP contribution in [0.25, 0.3) is 0 Å². The summed E-state index contributed by atoms with van der Waals surface area (Å²) in [7, 11) is 0. The Hall–Kier alpha value is -3.38. The van der Waals surface area contributed by atoms with Crippen molar-refractivity contribution in [2.75, 3.05) is 10.6 Å². The van der Waals surface area contributed by atoms with Crippen LogP contribution in [0.2, 0.25) is 5.02 Å². The molecule has 0 saturated carbocycles. The van der Waals surface area contributed by atoms with E-state index in [-0.39, 0.29) is 17.1 Å². The van der Waals surface area contributed by atoms with Crippen molar-refractivity contribution in [2.45, 2.75) is 46.6 Å². The number of amides is 1. The highest BCUT2D eigenvalue weighted by Crippen LogP contribution is 2.46. The second-order valence-electron chi connectivity index (χ2n) is 10.0. The molecule has 1 aliphatic heterocycles. The van der Waals surface area contributed by atoms with Crippen LogP contribution in [0.5, 0.6) is 0 Å². The Morgan fingerprint density at radius 3 is 2.56 bits per heavy atom. The lowest BCUT2D eigenvalue weighted by molar-refractivity contribution is -0.118. The van der Waals surface area contributed by atoms with Crippen molar-refractivity contribution < 1.29 is 9.59 Å². The maximum atomic E-state index is 13.3. The third-order valence-corrected chi connectivity index (χ3v) is 6.95. The molecule has 1 atom stereocenters. The van der Waals surface area contributed by atoms with Crippen LogP contribution in [0.3, 0.4) is 0 Å². The quantitative estimate of drug-likeness (QED) is 0.483. The lowest BCUT2D eigenvalue weighted by Crippen LogP contribution is -2.36. The van der Waals surface area contributed by atoms with Crippen molar-refractivity contribution in [3.8, 4) is 0 Å². The minimum absolute atomic E-state index is 0.0981. The summed E-state index contributed by atoms with van der Waals surface area (Å²) in [5, 5.41) is 11.6. The maximum Gasteiger partial charge on any atom is 0.261 e. The highest BCUT2D eigenvalue weighted by atomic mass is 35.5. The molecule has 34 heavy (non-hydrogen) atoms. The number of halogens is 1. The summed E-state index contributed by atoms with van der Waals surface area (Å²) in [6, 6.07) is 12.9. The zero-order valence-electron chi connectivity index (χ0n) is 19.7.